The first-order chi connectivity index (χ1) is 19.2. The fraction of sp³-hybridized carbons (Fsp3) is 0.333. The van der Waals surface area contributed by atoms with Gasteiger partial charge in [-0.2, -0.15) is 22.0 Å². The number of rotatable bonds is 8. The lowest BCUT2D eigenvalue weighted by atomic mass is 10.00. The highest BCUT2D eigenvalue weighted by molar-refractivity contribution is 5.65. The fourth-order valence-electron chi connectivity index (χ4n) is 4.11. The monoisotopic (exact) mass is 598 g/mol. The van der Waals surface area contributed by atoms with Crippen LogP contribution in [0.3, 0.4) is 0 Å². The molecule has 0 unspecified atom stereocenters. The van der Waals surface area contributed by atoms with Gasteiger partial charge in [0, 0.05) is 35.8 Å². The first-order valence-corrected chi connectivity index (χ1v) is 11.9. The van der Waals surface area contributed by atoms with Crippen LogP contribution in [0, 0.1) is 35.0 Å². The molecular formula is C27H20F10O4. The van der Waals surface area contributed by atoms with E-state index in [0.29, 0.717) is 25.3 Å². The molecule has 0 amide bonds. The summed E-state index contributed by atoms with van der Waals surface area (Å²) < 4.78 is 160. The van der Waals surface area contributed by atoms with Crippen molar-refractivity contribution in [3.05, 3.63) is 88.2 Å². The van der Waals surface area contributed by atoms with Crippen molar-refractivity contribution < 1.29 is 62.9 Å². The maximum atomic E-state index is 14.9. The second-order valence-corrected chi connectivity index (χ2v) is 8.96. The standard InChI is InChI=1S/C27H20F10O4/c1-2-38-10-13-11-39-25(40-12-13)14-3-4-17(18(28)5-14)15-6-19(29)24(20(30)7-15)27(36,37)41-16-8-21(31)23(22(32)9-16)26(33,34)35/h3-9,13,25H,2,10-12H2,1H3. The molecule has 3 aromatic rings. The molecule has 3 aromatic carbocycles. The van der Waals surface area contributed by atoms with Crippen molar-refractivity contribution in [3.8, 4) is 16.9 Å². The largest absolute Gasteiger partial charge is 0.432 e. The SMILES string of the molecule is CCOCC1COC(c2ccc(-c3cc(F)c(C(F)(F)Oc4cc(F)c(C(F)(F)F)c(F)c4)c(F)c3)c(F)c2)OC1. The zero-order valence-corrected chi connectivity index (χ0v) is 20.9. The number of benzene rings is 3. The molecule has 222 valence electrons. The molecule has 1 heterocycles. The first-order valence-electron chi connectivity index (χ1n) is 11.9. The summed E-state index contributed by atoms with van der Waals surface area (Å²) in [6.45, 7) is 3.29. The van der Waals surface area contributed by atoms with E-state index in [2.05, 4.69) is 4.74 Å². The molecule has 1 saturated heterocycles. The number of ether oxygens (including phenoxy) is 4. The Morgan fingerprint density at radius 2 is 1.32 bits per heavy atom. The van der Waals surface area contributed by atoms with Crippen LogP contribution in [0.2, 0.25) is 0 Å². The third-order valence-electron chi connectivity index (χ3n) is 5.98. The maximum absolute atomic E-state index is 14.9. The summed E-state index contributed by atoms with van der Waals surface area (Å²) in [4.78, 5) is 0. The third-order valence-corrected chi connectivity index (χ3v) is 5.98. The van der Waals surface area contributed by atoms with Crippen LogP contribution in [0.5, 0.6) is 5.75 Å². The Morgan fingerprint density at radius 3 is 1.83 bits per heavy atom. The van der Waals surface area contributed by atoms with Crippen molar-refractivity contribution in [1.29, 1.82) is 0 Å². The highest BCUT2D eigenvalue weighted by atomic mass is 19.4. The van der Waals surface area contributed by atoms with Gasteiger partial charge >= 0.3 is 12.3 Å². The van der Waals surface area contributed by atoms with Crippen molar-refractivity contribution in [2.45, 2.75) is 25.5 Å². The van der Waals surface area contributed by atoms with Crippen LogP contribution < -0.4 is 4.74 Å². The Morgan fingerprint density at radius 1 is 0.756 bits per heavy atom. The summed E-state index contributed by atoms with van der Waals surface area (Å²) in [5.41, 5.74) is -5.01. The number of halogens is 10. The average Bonchev–Trinajstić information content (AvgIpc) is 2.85. The summed E-state index contributed by atoms with van der Waals surface area (Å²) in [5, 5.41) is 0. The molecule has 1 aliphatic heterocycles. The van der Waals surface area contributed by atoms with Crippen LogP contribution in [-0.4, -0.2) is 26.4 Å². The summed E-state index contributed by atoms with van der Waals surface area (Å²) in [5.74, 6) is -10.9. The van der Waals surface area contributed by atoms with Crippen LogP contribution >= 0.6 is 0 Å². The molecule has 0 aliphatic carbocycles. The highest BCUT2D eigenvalue weighted by Gasteiger charge is 2.43. The van der Waals surface area contributed by atoms with E-state index in [1.807, 2.05) is 6.92 Å². The molecule has 0 radical (unpaired) electrons. The van der Waals surface area contributed by atoms with Crippen LogP contribution in [-0.2, 0) is 26.5 Å². The normalized spacial score (nSPS) is 18.0. The second kappa shape index (κ2) is 11.9. The molecular weight excluding hydrogens is 578 g/mol. The summed E-state index contributed by atoms with van der Waals surface area (Å²) in [6.07, 6.45) is -11.4. The number of hydrogen-bond acceptors (Lipinski definition) is 4. The van der Waals surface area contributed by atoms with Crippen molar-refractivity contribution in [2.75, 3.05) is 26.4 Å². The Labute approximate surface area is 226 Å². The van der Waals surface area contributed by atoms with Crippen molar-refractivity contribution in [3.63, 3.8) is 0 Å². The van der Waals surface area contributed by atoms with Gasteiger partial charge in [-0.1, -0.05) is 12.1 Å². The van der Waals surface area contributed by atoms with E-state index >= 15 is 0 Å². The quantitative estimate of drug-likeness (QED) is 0.247. The zero-order chi connectivity index (χ0) is 30.1. The topological polar surface area (TPSA) is 36.9 Å². The zero-order valence-electron chi connectivity index (χ0n) is 20.9. The van der Waals surface area contributed by atoms with Gasteiger partial charge < -0.3 is 18.9 Å². The van der Waals surface area contributed by atoms with E-state index < -0.39 is 70.1 Å². The minimum absolute atomic E-state index is 0.0285. The van der Waals surface area contributed by atoms with Crippen LogP contribution in [0.1, 0.15) is 29.9 Å². The Kier molecular flexibility index (Phi) is 8.85. The van der Waals surface area contributed by atoms with Gasteiger partial charge in [-0.3, -0.25) is 0 Å². The van der Waals surface area contributed by atoms with Crippen molar-refractivity contribution in [1.82, 2.24) is 0 Å². The average molecular weight is 598 g/mol. The van der Waals surface area contributed by atoms with Gasteiger partial charge in [-0.25, -0.2) is 22.0 Å². The van der Waals surface area contributed by atoms with Crippen molar-refractivity contribution >= 4 is 0 Å². The van der Waals surface area contributed by atoms with Crippen molar-refractivity contribution in [2.24, 2.45) is 5.92 Å². The first kappa shape index (κ1) is 30.6. The predicted octanol–water partition coefficient (Wildman–Crippen LogP) is 7.89. The van der Waals surface area contributed by atoms with E-state index in [0.717, 1.165) is 12.1 Å². The Hall–Kier alpha value is -3.36. The van der Waals surface area contributed by atoms with Gasteiger partial charge in [0.25, 0.3) is 0 Å². The van der Waals surface area contributed by atoms with Gasteiger partial charge in [0.2, 0.25) is 0 Å². The van der Waals surface area contributed by atoms with Gasteiger partial charge in [0.15, 0.2) is 6.29 Å². The van der Waals surface area contributed by atoms with Crippen LogP contribution in [0.15, 0.2) is 42.5 Å². The lowest BCUT2D eigenvalue weighted by Gasteiger charge is -2.29. The van der Waals surface area contributed by atoms with E-state index in [1.54, 1.807) is 0 Å². The van der Waals surface area contributed by atoms with E-state index in [9.17, 15) is 43.9 Å². The molecule has 4 nitrogen and oxygen atoms in total. The minimum atomic E-state index is -5.49. The molecule has 1 aliphatic rings. The molecule has 0 N–H and O–H groups in total. The number of alkyl halides is 5. The molecule has 0 saturated carbocycles. The van der Waals surface area contributed by atoms with Gasteiger partial charge in [0.1, 0.15) is 46.0 Å². The molecule has 0 aromatic heterocycles. The van der Waals surface area contributed by atoms with Crippen LogP contribution in [0.25, 0.3) is 11.1 Å². The van der Waals surface area contributed by atoms with E-state index in [4.69, 9.17) is 14.2 Å². The predicted molar refractivity (Wildman–Crippen MR) is 122 cm³/mol. The molecule has 41 heavy (non-hydrogen) atoms. The Balaban J connectivity index is 1.55. The lowest BCUT2D eigenvalue weighted by molar-refractivity contribution is -0.212. The molecule has 0 bridgehead atoms. The second-order valence-electron chi connectivity index (χ2n) is 8.96. The summed E-state index contributed by atoms with van der Waals surface area (Å²) >= 11 is 0. The third kappa shape index (κ3) is 6.76. The summed E-state index contributed by atoms with van der Waals surface area (Å²) in [6, 6.07) is 3.78. The summed E-state index contributed by atoms with van der Waals surface area (Å²) in [7, 11) is 0. The molecule has 14 heteroatoms. The fourth-order valence-corrected chi connectivity index (χ4v) is 4.11. The molecule has 0 atom stereocenters. The smallest absolute Gasteiger partial charge is 0.429 e. The van der Waals surface area contributed by atoms with E-state index in [-0.39, 0.29) is 42.4 Å². The minimum Gasteiger partial charge on any atom is -0.429 e. The molecule has 1 fully saturated rings. The molecule has 0 spiro atoms. The Bertz CT molecular complexity index is 1360. The van der Waals surface area contributed by atoms with Crippen LogP contribution in [0.4, 0.5) is 43.9 Å². The maximum Gasteiger partial charge on any atom is 0.432 e. The molecule has 4 rings (SSSR count). The van der Waals surface area contributed by atoms with Gasteiger partial charge in [0.05, 0.1) is 19.8 Å². The highest BCUT2D eigenvalue weighted by Crippen LogP contribution is 2.40. The van der Waals surface area contributed by atoms with Gasteiger partial charge in [-0.05, 0) is 30.7 Å². The lowest BCUT2D eigenvalue weighted by Crippen LogP contribution is -2.30. The number of hydrogen-bond donors (Lipinski definition) is 0. The van der Waals surface area contributed by atoms with Gasteiger partial charge in [-0.15, -0.1) is 0 Å². The van der Waals surface area contributed by atoms with E-state index in [1.165, 1.54) is 6.07 Å².